The fraction of sp³-hybridized carbons (Fsp3) is 0.231. The molecule has 1 aliphatic rings. The third-order valence-corrected chi connectivity index (χ3v) is 5.59. The monoisotopic (exact) mass is 501 g/mol. The summed E-state index contributed by atoms with van der Waals surface area (Å²) in [6, 6.07) is 16.7. The Kier molecular flexibility index (Phi) is 7.42. The summed E-state index contributed by atoms with van der Waals surface area (Å²) in [5.41, 5.74) is 1.18. The van der Waals surface area contributed by atoms with Crippen molar-refractivity contribution in [3.8, 4) is 5.75 Å². The van der Waals surface area contributed by atoms with Crippen LogP contribution in [0.2, 0.25) is 0 Å². The van der Waals surface area contributed by atoms with Crippen LogP contribution in [0.25, 0.3) is 0 Å². The fourth-order valence-electron chi connectivity index (χ4n) is 3.82. The van der Waals surface area contributed by atoms with Gasteiger partial charge in [0.25, 0.3) is 0 Å². The maximum absolute atomic E-state index is 13.4. The molecule has 6 nitrogen and oxygen atoms in total. The lowest BCUT2D eigenvalue weighted by Gasteiger charge is -2.25. The van der Waals surface area contributed by atoms with Crippen LogP contribution in [0.3, 0.4) is 0 Å². The molecular formula is C26H23F4N3O3. The third-order valence-electron chi connectivity index (χ3n) is 5.59. The summed E-state index contributed by atoms with van der Waals surface area (Å²) in [4.78, 5) is 20.1. The lowest BCUT2D eigenvalue weighted by molar-refractivity contribution is -0.137. The molecule has 0 spiro atoms. The summed E-state index contributed by atoms with van der Waals surface area (Å²) in [6.07, 6.45) is -4.66. The van der Waals surface area contributed by atoms with Crippen molar-refractivity contribution in [2.24, 2.45) is 5.16 Å². The van der Waals surface area contributed by atoms with Gasteiger partial charge in [0.05, 0.1) is 24.9 Å². The van der Waals surface area contributed by atoms with Crippen molar-refractivity contribution in [3.63, 3.8) is 0 Å². The molecule has 0 bridgehead atoms. The summed E-state index contributed by atoms with van der Waals surface area (Å²) < 4.78 is 58.0. The molecule has 0 fully saturated rings. The summed E-state index contributed by atoms with van der Waals surface area (Å²) in [5, 5.41) is 6.67. The lowest BCUT2D eigenvalue weighted by atomic mass is 10.0. The number of carbonyl (C=O) groups is 1. The fourth-order valence-corrected chi connectivity index (χ4v) is 3.82. The van der Waals surface area contributed by atoms with Crippen molar-refractivity contribution < 1.29 is 31.9 Å². The molecule has 1 heterocycles. The van der Waals surface area contributed by atoms with Crippen molar-refractivity contribution in [3.05, 3.63) is 95.3 Å². The summed E-state index contributed by atoms with van der Waals surface area (Å²) in [6.45, 7) is 0.166. The van der Waals surface area contributed by atoms with Crippen LogP contribution in [0.4, 0.5) is 28.0 Å². The number of para-hydroxylation sites is 1. The van der Waals surface area contributed by atoms with Gasteiger partial charge in [0.15, 0.2) is 6.10 Å². The molecule has 0 aliphatic carbocycles. The minimum absolute atomic E-state index is 0.00256. The molecule has 10 heteroatoms. The maximum atomic E-state index is 13.4. The number of halogens is 4. The van der Waals surface area contributed by atoms with E-state index in [-0.39, 0.29) is 18.8 Å². The van der Waals surface area contributed by atoms with Gasteiger partial charge in [-0.25, -0.2) is 9.18 Å². The predicted octanol–water partition coefficient (Wildman–Crippen LogP) is 6.08. The maximum Gasteiger partial charge on any atom is 0.416 e. The lowest BCUT2D eigenvalue weighted by Crippen LogP contribution is -2.40. The number of hydrogen-bond acceptors (Lipinski definition) is 4. The van der Waals surface area contributed by atoms with E-state index in [1.165, 1.54) is 41.3 Å². The molecule has 0 radical (unpaired) electrons. The molecule has 1 unspecified atom stereocenters. The third kappa shape index (κ3) is 6.12. The van der Waals surface area contributed by atoms with Crippen LogP contribution in [0.5, 0.6) is 5.75 Å². The van der Waals surface area contributed by atoms with Gasteiger partial charge in [-0.05, 0) is 48.0 Å². The number of urea groups is 1. The number of ether oxygens (including phenoxy) is 1. The van der Waals surface area contributed by atoms with Crippen LogP contribution in [0.15, 0.2) is 78.0 Å². The first-order valence-electron chi connectivity index (χ1n) is 11.1. The Morgan fingerprint density at radius 2 is 1.86 bits per heavy atom. The predicted molar refractivity (Wildman–Crippen MR) is 126 cm³/mol. The molecule has 0 aromatic heterocycles. The highest BCUT2D eigenvalue weighted by atomic mass is 19.4. The Hall–Kier alpha value is -4.08. The molecule has 2 amide bonds. The van der Waals surface area contributed by atoms with Gasteiger partial charge in [0.2, 0.25) is 0 Å². The molecule has 4 rings (SSSR count). The standard InChI is InChI=1S/C26H23F4N3O3/c1-35-24-8-3-2-7-22(24)23-14-21(36-32-23)16-33(15-17-9-11-19(27)12-10-17)25(34)31-20-6-4-5-18(13-20)26(28,29)30/h2-13,21H,14-16H2,1H3,(H,31,34). The van der Waals surface area contributed by atoms with E-state index in [0.29, 0.717) is 23.4 Å². The second-order valence-electron chi connectivity index (χ2n) is 8.19. The van der Waals surface area contributed by atoms with Gasteiger partial charge < -0.3 is 19.8 Å². The SMILES string of the molecule is COc1ccccc1C1=NOC(CN(Cc2ccc(F)cc2)C(=O)Nc2cccc(C(F)(F)F)c2)C1. The molecule has 0 saturated heterocycles. The van der Waals surface area contributed by atoms with Crippen molar-refractivity contribution in [1.29, 1.82) is 0 Å². The highest BCUT2D eigenvalue weighted by Crippen LogP contribution is 2.31. The van der Waals surface area contributed by atoms with Crippen LogP contribution >= 0.6 is 0 Å². The topological polar surface area (TPSA) is 63.2 Å². The number of methoxy groups -OCH3 is 1. The molecule has 1 atom stereocenters. The van der Waals surface area contributed by atoms with E-state index in [0.717, 1.165) is 17.7 Å². The number of benzene rings is 3. The van der Waals surface area contributed by atoms with E-state index in [4.69, 9.17) is 9.57 Å². The highest BCUT2D eigenvalue weighted by molar-refractivity contribution is 6.03. The van der Waals surface area contributed by atoms with Crippen LogP contribution in [0, 0.1) is 5.82 Å². The molecule has 1 N–H and O–H groups in total. The van der Waals surface area contributed by atoms with Crippen molar-refractivity contribution in [1.82, 2.24) is 4.90 Å². The van der Waals surface area contributed by atoms with Crippen LogP contribution in [-0.4, -0.2) is 36.4 Å². The van der Waals surface area contributed by atoms with Crippen molar-refractivity contribution in [2.45, 2.75) is 25.2 Å². The Morgan fingerprint density at radius 1 is 1.11 bits per heavy atom. The quantitative estimate of drug-likeness (QED) is 0.399. The first-order valence-corrected chi connectivity index (χ1v) is 11.1. The molecule has 36 heavy (non-hydrogen) atoms. The number of anilines is 1. The summed E-state index contributed by atoms with van der Waals surface area (Å²) in [7, 11) is 1.55. The van der Waals surface area contributed by atoms with Gasteiger partial charge in [-0.1, -0.05) is 35.5 Å². The van der Waals surface area contributed by atoms with Crippen LogP contribution < -0.4 is 10.1 Å². The molecule has 1 aliphatic heterocycles. The van der Waals surface area contributed by atoms with Gasteiger partial charge in [-0.15, -0.1) is 0 Å². The summed E-state index contributed by atoms with van der Waals surface area (Å²) in [5.74, 6) is 0.207. The van der Waals surface area contributed by atoms with E-state index in [1.807, 2.05) is 18.2 Å². The Balaban J connectivity index is 1.50. The van der Waals surface area contributed by atoms with Gasteiger partial charge >= 0.3 is 12.2 Å². The van der Waals surface area contributed by atoms with E-state index in [1.54, 1.807) is 13.2 Å². The van der Waals surface area contributed by atoms with Crippen LogP contribution in [0.1, 0.15) is 23.1 Å². The number of amides is 2. The Morgan fingerprint density at radius 3 is 2.58 bits per heavy atom. The van der Waals surface area contributed by atoms with E-state index in [9.17, 15) is 22.4 Å². The van der Waals surface area contributed by atoms with Gasteiger partial charge in [-0.3, -0.25) is 0 Å². The molecule has 3 aromatic rings. The minimum atomic E-state index is -4.54. The normalized spacial score (nSPS) is 15.1. The Labute approximate surface area is 205 Å². The molecule has 3 aromatic carbocycles. The van der Waals surface area contributed by atoms with Crippen molar-refractivity contribution >= 4 is 17.4 Å². The largest absolute Gasteiger partial charge is 0.496 e. The number of rotatable bonds is 7. The molecule has 188 valence electrons. The zero-order valence-electron chi connectivity index (χ0n) is 19.3. The van der Waals surface area contributed by atoms with Gasteiger partial charge in [0.1, 0.15) is 11.6 Å². The molecular weight excluding hydrogens is 478 g/mol. The number of hydrogen-bond donors (Lipinski definition) is 1. The van der Waals surface area contributed by atoms with Crippen LogP contribution in [-0.2, 0) is 17.6 Å². The highest BCUT2D eigenvalue weighted by Gasteiger charge is 2.31. The van der Waals surface area contributed by atoms with Gasteiger partial charge in [0, 0.05) is 24.2 Å². The smallest absolute Gasteiger partial charge is 0.416 e. The first kappa shape index (κ1) is 25.0. The van der Waals surface area contributed by atoms with E-state index >= 15 is 0 Å². The summed E-state index contributed by atoms with van der Waals surface area (Å²) >= 11 is 0. The van der Waals surface area contributed by atoms with Crippen molar-refractivity contribution in [2.75, 3.05) is 19.0 Å². The average molecular weight is 501 g/mol. The second kappa shape index (κ2) is 10.7. The zero-order valence-corrected chi connectivity index (χ0v) is 19.3. The average Bonchev–Trinajstić information content (AvgIpc) is 3.33. The number of nitrogens with one attached hydrogen (secondary N) is 1. The molecule has 0 saturated carbocycles. The first-order chi connectivity index (χ1) is 17.2. The van der Waals surface area contributed by atoms with E-state index in [2.05, 4.69) is 10.5 Å². The Bertz CT molecular complexity index is 1250. The minimum Gasteiger partial charge on any atom is -0.496 e. The zero-order chi connectivity index (χ0) is 25.7. The van der Waals surface area contributed by atoms with Gasteiger partial charge in [-0.2, -0.15) is 13.2 Å². The second-order valence-corrected chi connectivity index (χ2v) is 8.19. The number of nitrogens with zero attached hydrogens (tertiary/aromatic N) is 2. The number of oxime groups is 1. The van der Waals surface area contributed by atoms with E-state index < -0.39 is 29.7 Å². The number of carbonyl (C=O) groups excluding carboxylic acids is 1. The number of alkyl halides is 3.